The van der Waals surface area contributed by atoms with Gasteiger partial charge in [0.15, 0.2) is 6.61 Å². The van der Waals surface area contributed by atoms with Crippen molar-refractivity contribution in [3.05, 3.63) is 53.6 Å². The summed E-state index contributed by atoms with van der Waals surface area (Å²) in [5.74, 6) is 0.908. The minimum Gasteiger partial charge on any atom is -0.497 e. The molecule has 148 valence electrons. The monoisotopic (exact) mass is 383 g/mol. The minimum atomic E-state index is -0.397. The van der Waals surface area contributed by atoms with E-state index in [1.165, 1.54) is 0 Å². The van der Waals surface area contributed by atoms with Crippen molar-refractivity contribution in [2.45, 2.75) is 25.7 Å². The topological polar surface area (TPSA) is 65.1 Å². The highest BCUT2D eigenvalue weighted by Crippen LogP contribution is 2.30. The maximum Gasteiger partial charge on any atom is 0.306 e. The molecule has 6 heteroatoms. The first-order chi connectivity index (χ1) is 13.6. The van der Waals surface area contributed by atoms with Crippen molar-refractivity contribution in [3.8, 4) is 11.5 Å². The largest absolute Gasteiger partial charge is 0.497 e. The zero-order valence-corrected chi connectivity index (χ0v) is 16.3. The summed E-state index contributed by atoms with van der Waals surface area (Å²) >= 11 is 0. The van der Waals surface area contributed by atoms with Crippen LogP contribution < -0.4 is 14.4 Å². The van der Waals surface area contributed by atoms with Crippen LogP contribution >= 0.6 is 0 Å². The molecule has 0 bridgehead atoms. The normalized spacial score (nSPS) is 12.9. The molecule has 0 radical (unpaired) electrons. The molecule has 6 nitrogen and oxygen atoms in total. The number of para-hydroxylation sites is 1. The Kier molecular flexibility index (Phi) is 6.53. The van der Waals surface area contributed by atoms with Crippen LogP contribution in [0.2, 0.25) is 0 Å². The van der Waals surface area contributed by atoms with E-state index in [2.05, 4.69) is 0 Å². The van der Waals surface area contributed by atoms with Gasteiger partial charge in [-0.1, -0.05) is 18.2 Å². The molecule has 0 unspecified atom stereocenters. The lowest BCUT2D eigenvalue weighted by molar-refractivity contribution is -0.147. The molecule has 1 heterocycles. The Morgan fingerprint density at radius 1 is 1.07 bits per heavy atom. The summed E-state index contributed by atoms with van der Waals surface area (Å²) in [4.78, 5) is 26.4. The summed E-state index contributed by atoms with van der Waals surface area (Å²) in [6.45, 7) is 0.368. The second kappa shape index (κ2) is 9.26. The lowest BCUT2D eigenvalue weighted by Gasteiger charge is -2.29. The molecule has 0 aliphatic carbocycles. The van der Waals surface area contributed by atoms with Gasteiger partial charge in [-0.25, -0.2) is 0 Å². The number of aryl methyl sites for hydroxylation is 2. The van der Waals surface area contributed by atoms with Crippen LogP contribution in [0.1, 0.15) is 24.0 Å². The van der Waals surface area contributed by atoms with Gasteiger partial charge in [0.05, 0.1) is 14.2 Å². The van der Waals surface area contributed by atoms with Gasteiger partial charge in [0, 0.05) is 18.7 Å². The molecule has 0 saturated heterocycles. The Morgan fingerprint density at radius 2 is 1.89 bits per heavy atom. The van der Waals surface area contributed by atoms with E-state index in [1.807, 2.05) is 42.5 Å². The van der Waals surface area contributed by atoms with Gasteiger partial charge in [-0.15, -0.1) is 0 Å². The molecule has 1 amide bonds. The van der Waals surface area contributed by atoms with Gasteiger partial charge in [-0.2, -0.15) is 0 Å². The van der Waals surface area contributed by atoms with Crippen LogP contribution in [0.25, 0.3) is 0 Å². The summed E-state index contributed by atoms with van der Waals surface area (Å²) in [5, 5.41) is 0. The molecule has 1 aliphatic rings. The molecular formula is C22H25NO5. The first-order valence-electron chi connectivity index (χ1n) is 9.37. The highest BCUT2D eigenvalue weighted by atomic mass is 16.5. The van der Waals surface area contributed by atoms with Crippen LogP contribution in [0.4, 0.5) is 5.69 Å². The van der Waals surface area contributed by atoms with E-state index >= 15 is 0 Å². The number of hydrogen-bond acceptors (Lipinski definition) is 5. The second-order valence-electron chi connectivity index (χ2n) is 6.62. The average molecular weight is 383 g/mol. The number of rotatable bonds is 7. The fraction of sp³-hybridized carbons (Fsp3) is 0.364. The molecule has 0 saturated carbocycles. The predicted molar refractivity (Wildman–Crippen MR) is 106 cm³/mol. The van der Waals surface area contributed by atoms with Crippen LogP contribution in [0, 0.1) is 0 Å². The highest BCUT2D eigenvalue weighted by Gasteiger charge is 2.23. The quantitative estimate of drug-likeness (QED) is 0.687. The maximum absolute atomic E-state index is 12.6. The van der Waals surface area contributed by atoms with Gasteiger partial charge >= 0.3 is 5.97 Å². The first-order valence-corrected chi connectivity index (χ1v) is 9.37. The van der Waals surface area contributed by atoms with Crippen molar-refractivity contribution >= 4 is 17.6 Å². The summed E-state index contributed by atoms with van der Waals surface area (Å²) in [6, 6.07) is 13.2. The van der Waals surface area contributed by atoms with E-state index < -0.39 is 5.97 Å². The highest BCUT2D eigenvalue weighted by molar-refractivity contribution is 5.96. The smallest absolute Gasteiger partial charge is 0.306 e. The van der Waals surface area contributed by atoms with Crippen LogP contribution in [0.15, 0.2) is 42.5 Å². The fourth-order valence-electron chi connectivity index (χ4n) is 3.40. The zero-order chi connectivity index (χ0) is 19.9. The van der Waals surface area contributed by atoms with Gasteiger partial charge in [-0.05, 0) is 54.7 Å². The number of ether oxygens (including phenoxy) is 3. The summed E-state index contributed by atoms with van der Waals surface area (Å²) in [7, 11) is 3.22. The average Bonchev–Trinajstić information content (AvgIpc) is 2.75. The molecule has 0 N–H and O–H groups in total. The number of fused-ring (bicyclic) bond motifs is 1. The van der Waals surface area contributed by atoms with E-state index in [1.54, 1.807) is 19.1 Å². The van der Waals surface area contributed by atoms with E-state index in [0.717, 1.165) is 41.2 Å². The molecule has 0 spiro atoms. The standard InChI is InChI=1S/C22H25NO5/c1-26-18-10-11-19-17(14-18)7-5-13-23(19)21(24)15-28-22(25)12-9-16-6-3-4-8-20(16)27-2/h3-4,6,8,10-11,14H,5,7,9,12-13,15H2,1-2H3. The summed E-state index contributed by atoms with van der Waals surface area (Å²) in [6.07, 6.45) is 2.47. The Labute approximate surface area is 165 Å². The third-order valence-corrected chi connectivity index (χ3v) is 4.85. The number of benzene rings is 2. The zero-order valence-electron chi connectivity index (χ0n) is 16.3. The maximum atomic E-state index is 12.6. The SMILES string of the molecule is COc1ccc2c(c1)CCCN2C(=O)COC(=O)CCc1ccccc1OC. The number of amides is 1. The summed E-state index contributed by atoms with van der Waals surface area (Å²) in [5.41, 5.74) is 2.87. The third kappa shape index (κ3) is 4.63. The minimum absolute atomic E-state index is 0.196. The fourth-order valence-corrected chi connectivity index (χ4v) is 3.40. The molecule has 2 aromatic carbocycles. The first kappa shape index (κ1) is 19.7. The Morgan fingerprint density at radius 3 is 2.68 bits per heavy atom. The van der Waals surface area contributed by atoms with Crippen LogP contribution in [0.5, 0.6) is 11.5 Å². The van der Waals surface area contributed by atoms with Crippen molar-refractivity contribution < 1.29 is 23.8 Å². The number of nitrogens with zero attached hydrogens (tertiary/aromatic N) is 1. The second-order valence-corrected chi connectivity index (χ2v) is 6.62. The number of methoxy groups -OCH3 is 2. The van der Waals surface area contributed by atoms with Crippen molar-refractivity contribution in [1.82, 2.24) is 0 Å². The molecule has 0 aromatic heterocycles. The Bertz CT molecular complexity index is 849. The summed E-state index contributed by atoms with van der Waals surface area (Å²) < 4.78 is 15.8. The number of anilines is 1. The van der Waals surface area contributed by atoms with Crippen molar-refractivity contribution in [1.29, 1.82) is 0 Å². The molecule has 1 aliphatic heterocycles. The molecule has 28 heavy (non-hydrogen) atoms. The molecular weight excluding hydrogens is 358 g/mol. The van der Waals surface area contributed by atoms with Gasteiger partial charge in [0.25, 0.3) is 5.91 Å². The number of carbonyl (C=O) groups is 2. The lowest BCUT2D eigenvalue weighted by Crippen LogP contribution is -2.38. The molecule has 0 fully saturated rings. The van der Waals surface area contributed by atoms with Crippen molar-refractivity contribution in [2.24, 2.45) is 0 Å². The van der Waals surface area contributed by atoms with Crippen molar-refractivity contribution in [3.63, 3.8) is 0 Å². The lowest BCUT2D eigenvalue weighted by atomic mass is 10.0. The van der Waals surface area contributed by atoms with E-state index in [-0.39, 0.29) is 18.9 Å². The van der Waals surface area contributed by atoms with Crippen LogP contribution in [-0.4, -0.2) is 39.2 Å². The number of esters is 1. The Hall–Kier alpha value is -3.02. The van der Waals surface area contributed by atoms with Crippen molar-refractivity contribution in [2.75, 3.05) is 32.3 Å². The van der Waals surface area contributed by atoms with E-state index in [0.29, 0.717) is 13.0 Å². The third-order valence-electron chi connectivity index (χ3n) is 4.85. The van der Waals surface area contributed by atoms with E-state index in [9.17, 15) is 9.59 Å². The Balaban J connectivity index is 1.54. The van der Waals surface area contributed by atoms with Crippen LogP contribution in [0.3, 0.4) is 0 Å². The molecule has 0 atom stereocenters. The van der Waals surface area contributed by atoms with Gasteiger partial charge in [0.1, 0.15) is 11.5 Å². The van der Waals surface area contributed by atoms with Gasteiger partial charge in [-0.3, -0.25) is 9.59 Å². The predicted octanol–water partition coefficient (Wildman–Crippen LogP) is 3.16. The molecule has 2 aromatic rings. The van der Waals surface area contributed by atoms with Crippen LogP contribution in [-0.2, 0) is 27.2 Å². The number of carbonyl (C=O) groups excluding carboxylic acids is 2. The van der Waals surface area contributed by atoms with Gasteiger partial charge in [0.2, 0.25) is 0 Å². The molecule has 3 rings (SSSR count). The van der Waals surface area contributed by atoms with Gasteiger partial charge < -0.3 is 19.1 Å². The number of hydrogen-bond donors (Lipinski definition) is 0. The van der Waals surface area contributed by atoms with E-state index in [4.69, 9.17) is 14.2 Å².